The van der Waals surface area contributed by atoms with Crippen molar-refractivity contribution in [3.8, 4) is 23.0 Å². The Hall–Kier alpha value is -13.6. The van der Waals surface area contributed by atoms with E-state index in [9.17, 15) is 38.7 Å². The number of methoxy groups -OCH3 is 1. The number of phenols is 3. The van der Waals surface area contributed by atoms with Crippen LogP contribution in [0, 0.1) is 0 Å². The van der Waals surface area contributed by atoms with Crippen LogP contribution in [-0.2, 0) is 11.2 Å². The molecule has 0 radical (unpaired) electrons. The smallest absolute Gasteiger partial charge is 0.251 e. The molecule has 11 aromatic rings. The molecule has 18 heteroatoms. The highest BCUT2D eigenvalue weighted by atomic mass is 16.5. The van der Waals surface area contributed by atoms with Crippen molar-refractivity contribution in [2.45, 2.75) is 19.8 Å². The monoisotopic (exact) mass is 1350 g/mol. The number of rotatable bonds is 19. The summed E-state index contributed by atoms with van der Waals surface area (Å²) in [5, 5.41) is 32.9. The minimum absolute atomic E-state index is 0.0237. The molecule has 15 N–H and O–H groups in total. The summed E-state index contributed by atoms with van der Waals surface area (Å²) in [6.07, 6.45) is 3.22. The van der Waals surface area contributed by atoms with Gasteiger partial charge in [0.05, 0.1) is 18.5 Å². The highest BCUT2D eigenvalue weighted by Crippen LogP contribution is 2.27. The Kier molecular flexibility index (Phi) is 29.8. The van der Waals surface area contributed by atoms with Gasteiger partial charge in [-0.3, -0.25) is 33.6 Å². The van der Waals surface area contributed by atoms with E-state index in [2.05, 4.69) is 23.8 Å². The quantitative estimate of drug-likeness (QED) is 0.0118. The van der Waals surface area contributed by atoms with E-state index in [-0.39, 0.29) is 58.0 Å². The van der Waals surface area contributed by atoms with Gasteiger partial charge in [-0.15, -0.1) is 6.58 Å². The average molecular weight is 1350 g/mol. The molecular formula is C83H79N7O11. The van der Waals surface area contributed by atoms with Gasteiger partial charge in [0.25, 0.3) is 5.91 Å². The van der Waals surface area contributed by atoms with E-state index in [1.54, 1.807) is 195 Å². The molecule has 512 valence electrons. The van der Waals surface area contributed by atoms with Crippen LogP contribution >= 0.6 is 0 Å². The van der Waals surface area contributed by atoms with Gasteiger partial charge in [-0.25, -0.2) is 0 Å². The lowest BCUT2D eigenvalue weighted by Crippen LogP contribution is -2.30. The zero-order valence-electron chi connectivity index (χ0n) is 55.8. The van der Waals surface area contributed by atoms with Crippen LogP contribution in [0.4, 0.5) is 28.4 Å². The van der Waals surface area contributed by atoms with Crippen molar-refractivity contribution in [1.82, 2.24) is 10.6 Å². The van der Waals surface area contributed by atoms with Gasteiger partial charge in [0.15, 0.2) is 40.4 Å². The summed E-state index contributed by atoms with van der Waals surface area (Å²) in [6.45, 7) is 9.74. The maximum atomic E-state index is 12.3. The molecule has 0 saturated carbocycles. The number of benzene rings is 11. The van der Waals surface area contributed by atoms with Crippen molar-refractivity contribution in [2.24, 2.45) is 0 Å². The highest BCUT2D eigenvalue weighted by Gasteiger charge is 2.14. The number of phenolic OH excluding ortho intramolecular Hbond substituents is 3. The average Bonchev–Trinajstić information content (AvgIpc) is 0.905. The Morgan fingerprint density at radius 3 is 1.05 bits per heavy atom. The van der Waals surface area contributed by atoms with Crippen LogP contribution in [-0.4, -0.2) is 76.2 Å². The molecule has 0 aromatic heterocycles. The number of aromatic hydroxyl groups is 3. The molecule has 0 aliphatic rings. The summed E-state index contributed by atoms with van der Waals surface area (Å²) in [5.41, 5.74) is 38.8. The molecule has 0 fully saturated rings. The number of hydrogen-bond donors (Lipinski definition) is 10. The molecule has 11 aromatic carbocycles. The summed E-state index contributed by atoms with van der Waals surface area (Å²) < 4.78 is 4.95. The second-order valence-electron chi connectivity index (χ2n) is 22.3. The molecule has 0 spiro atoms. The zero-order valence-corrected chi connectivity index (χ0v) is 55.8. The number of nitrogen functional groups attached to an aromatic ring is 5. The molecule has 11 rings (SSSR count). The van der Waals surface area contributed by atoms with Gasteiger partial charge in [-0.2, -0.15) is 0 Å². The van der Waals surface area contributed by atoms with Gasteiger partial charge in [0.2, 0.25) is 5.91 Å². The summed E-state index contributed by atoms with van der Waals surface area (Å²) >= 11 is 0. The third-order valence-electron chi connectivity index (χ3n) is 14.6. The largest absolute Gasteiger partial charge is 0.508 e. The van der Waals surface area contributed by atoms with Crippen LogP contribution < -0.4 is 44.0 Å². The van der Waals surface area contributed by atoms with Gasteiger partial charge in [0, 0.05) is 96.9 Å². The Morgan fingerprint density at radius 1 is 0.386 bits per heavy atom. The Labute approximate surface area is 586 Å². The number of hydrogen-bond acceptors (Lipinski definition) is 16. The van der Waals surface area contributed by atoms with E-state index in [4.69, 9.17) is 43.6 Å². The first-order valence-corrected chi connectivity index (χ1v) is 31.5. The zero-order chi connectivity index (χ0) is 73.2. The number of ketones is 5. The van der Waals surface area contributed by atoms with Gasteiger partial charge < -0.3 is 59.4 Å². The molecule has 18 nitrogen and oxygen atoms in total. The van der Waals surface area contributed by atoms with E-state index < -0.39 is 0 Å². The second-order valence-corrected chi connectivity index (χ2v) is 22.3. The molecule has 0 aliphatic carbocycles. The molecule has 101 heavy (non-hydrogen) atoms. The van der Waals surface area contributed by atoms with E-state index in [0.29, 0.717) is 120 Å². The number of anilines is 5. The topological polar surface area (TPSA) is 344 Å². The minimum Gasteiger partial charge on any atom is -0.508 e. The molecule has 0 saturated heterocycles. The fraction of sp³-hybridized carbons (Fsp3) is 0.0723. The van der Waals surface area contributed by atoms with Crippen molar-refractivity contribution in [1.29, 1.82) is 0 Å². The third-order valence-corrected chi connectivity index (χ3v) is 14.6. The molecule has 0 aliphatic heterocycles. The normalized spacial score (nSPS) is 9.92. The van der Waals surface area contributed by atoms with Crippen LogP contribution in [0.3, 0.4) is 0 Å². The molecule has 2 amide bonds. The standard InChI is InChI=1S/C21H22N2O3.2C13H12N2O.C13H11NO.C13H10O3.C10H12O2/c1-15(2)20(25)22-13-6-14-23-21(26)18-11-9-17(10-12-18)19(24)16-7-4-3-5-8-16;14-11-5-1-9(2-6-11)13(16)10-3-7-12(15)8-4-10;14-11-7-6-10(8-12(11)15)13(16)9-4-2-1-3-5-9;14-12-8-6-11(7-9-12)13(15)10-4-2-1-3-5-10;14-11-5-1-9(2-6-11)13(16)10-3-7-12(15)8-4-10;1-3-4-8-5-6-9(11)10(7-8)12-2/h3-5,7-12H,1,6,13-14H2,2H3,(H,22,25)(H,23,26);2*1-8H,14-15H2;1-9H,14H2;1-8,14-15H;3,5-7,11H,1,4H2,2H3. The van der Waals surface area contributed by atoms with Crippen LogP contribution in [0.15, 0.2) is 298 Å². The summed E-state index contributed by atoms with van der Waals surface area (Å²) in [7, 11) is 1.53. The lowest BCUT2D eigenvalue weighted by Gasteiger charge is -2.07. The summed E-state index contributed by atoms with van der Waals surface area (Å²) in [5.74, 6) is 0.267. The summed E-state index contributed by atoms with van der Waals surface area (Å²) in [6, 6.07) is 76.8. The van der Waals surface area contributed by atoms with Crippen molar-refractivity contribution in [3.05, 3.63) is 365 Å². The Balaban J connectivity index is 0.000000194. The predicted octanol–water partition coefficient (Wildman–Crippen LogP) is 13.9. The highest BCUT2D eigenvalue weighted by molar-refractivity contribution is 6.12. The molecule has 0 atom stereocenters. The molecule has 0 heterocycles. The van der Waals surface area contributed by atoms with Gasteiger partial charge >= 0.3 is 0 Å². The SMILES string of the molecule is C=C(C)C(=O)NCCCNC(=O)c1ccc(C(=O)c2ccccc2)cc1.C=CCc1ccc(O)c(OC)c1.Nc1ccc(C(=O)c2ccc(N)cc2)cc1.Nc1ccc(C(=O)c2ccccc2)cc1.Nc1ccc(C(=O)c2ccccc2)cc1N.O=C(c1ccc(O)cc1)c1ccc(O)cc1. The maximum Gasteiger partial charge on any atom is 0.251 e. The Bertz CT molecular complexity index is 4360. The van der Waals surface area contributed by atoms with E-state index in [0.717, 1.165) is 12.0 Å². The first-order chi connectivity index (χ1) is 48.5. The molecule has 0 unspecified atom stereocenters. The number of allylic oxidation sites excluding steroid dienone is 1. The number of amides is 2. The third kappa shape index (κ3) is 24.8. The van der Waals surface area contributed by atoms with Crippen molar-refractivity contribution >= 4 is 69.2 Å². The number of carbonyl (C=O) groups is 7. The lowest BCUT2D eigenvalue weighted by atomic mass is 10.0. The number of ether oxygens (including phenoxy) is 1. The van der Waals surface area contributed by atoms with E-state index in [1.807, 2.05) is 66.7 Å². The first kappa shape index (κ1) is 76.4. The number of nitrogens with one attached hydrogen (secondary N) is 2. The number of nitrogens with two attached hydrogens (primary N) is 5. The van der Waals surface area contributed by atoms with Crippen molar-refractivity contribution in [3.63, 3.8) is 0 Å². The molecular weight excluding hydrogens is 1270 g/mol. The van der Waals surface area contributed by atoms with Crippen LogP contribution in [0.2, 0.25) is 0 Å². The van der Waals surface area contributed by atoms with Crippen molar-refractivity contribution in [2.75, 3.05) is 48.9 Å². The van der Waals surface area contributed by atoms with E-state index >= 15 is 0 Å². The maximum absolute atomic E-state index is 12.3. The number of carbonyl (C=O) groups excluding carboxylic acids is 7. The van der Waals surface area contributed by atoms with E-state index in [1.165, 1.54) is 31.4 Å². The van der Waals surface area contributed by atoms with Gasteiger partial charge in [-0.1, -0.05) is 122 Å². The lowest BCUT2D eigenvalue weighted by molar-refractivity contribution is -0.117. The van der Waals surface area contributed by atoms with Gasteiger partial charge in [-0.05, 0) is 189 Å². The van der Waals surface area contributed by atoms with Crippen LogP contribution in [0.1, 0.15) is 109 Å². The second kappa shape index (κ2) is 39.4. The minimum atomic E-state index is -0.213. The fourth-order valence-corrected chi connectivity index (χ4v) is 8.98. The van der Waals surface area contributed by atoms with Gasteiger partial charge in [0.1, 0.15) is 11.5 Å². The van der Waals surface area contributed by atoms with Crippen molar-refractivity contribution < 1.29 is 53.6 Å². The molecule has 0 bridgehead atoms. The first-order valence-electron chi connectivity index (χ1n) is 31.5. The Morgan fingerprint density at radius 2 is 0.703 bits per heavy atom. The van der Waals surface area contributed by atoms with Crippen LogP contribution in [0.25, 0.3) is 0 Å². The predicted molar refractivity (Wildman–Crippen MR) is 400 cm³/mol. The van der Waals surface area contributed by atoms with Crippen LogP contribution in [0.5, 0.6) is 23.0 Å². The summed E-state index contributed by atoms with van der Waals surface area (Å²) in [4.78, 5) is 83.6. The fourth-order valence-electron chi connectivity index (χ4n) is 8.98.